The van der Waals surface area contributed by atoms with Gasteiger partial charge in [-0.15, -0.1) is 0 Å². The summed E-state index contributed by atoms with van der Waals surface area (Å²) in [4.78, 5) is 10.7. The molecule has 0 amide bonds. The van der Waals surface area contributed by atoms with Gasteiger partial charge < -0.3 is 15.8 Å². The molecule has 0 saturated heterocycles. The van der Waals surface area contributed by atoms with E-state index in [2.05, 4.69) is 38.2 Å². The second-order valence-electron chi connectivity index (χ2n) is 4.67. The fraction of sp³-hybridized carbons (Fsp3) is 0.214. The van der Waals surface area contributed by atoms with E-state index in [1.165, 1.54) is 11.1 Å². The second kappa shape index (κ2) is 5.16. The molecule has 6 nitrogen and oxygen atoms in total. The zero-order valence-electron chi connectivity index (χ0n) is 10.9. The largest absolute Gasteiger partial charge is 0.409 e. The molecule has 0 spiro atoms. The first-order valence-corrected chi connectivity index (χ1v) is 6.40. The lowest BCUT2D eigenvalue weighted by atomic mass is 10.0. The fourth-order valence-corrected chi connectivity index (χ4v) is 2.36. The predicted molar refractivity (Wildman–Crippen MR) is 75.7 cm³/mol. The van der Waals surface area contributed by atoms with Crippen molar-refractivity contribution >= 4 is 11.8 Å². The van der Waals surface area contributed by atoms with Crippen LogP contribution in [0.15, 0.2) is 41.7 Å². The number of amidine groups is 1. The summed E-state index contributed by atoms with van der Waals surface area (Å²) in [5, 5.41) is 11.7. The van der Waals surface area contributed by atoms with Gasteiger partial charge in [-0.2, -0.15) is 0 Å². The molecule has 0 atom stereocenters. The summed E-state index contributed by atoms with van der Waals surface area (Å²) < 4.78 is 0. The predicted octanol–water partition coefficient (Wildman–Crippen LogP) is 1.13. The number of anilines is 1. The average molecular weight is 269 g/mol. The summed E-state index contributed by atoms with van der Waals surface area (Å²) in [6.45, 7) is 1.63. The van der Waals surface area contributed by atoms with Gasteiger partial charge in [-0.05, 0) is 23.6 Å². The smallest absolute Gasteiger partial charge is 0.226 e. The fourth-order valence-electron chi connectivity index (χ4n) is 2.36. The molecule has 0 fully saturated rings. The Balaban J connectivity index is 1.88. The van der Waals surface area contributed by atoms with Crippen LogP contribution in [0.1, 0.15) is 16.8 Å². The van der Waals surface area contributed by atoms with Crippen LogP contribution in [-0.4, -0.2) is 27.6 Å². The molecule has 0 unspecified atom stereocenters. The van der Waals surface area contributed by atoms with E-state index >= 15 is 0 Å². The first kappa shape index (κ1) is 12.4. The van der Waals surface area contributed by atoms with Crippen molar-refractivity contribution in [3.05, 3.63) is 53.3 Å². The molecule has 20 heavy (non-hydrogen) atoms. The summed E-state index contributed by atoms with van der Waals surface area (Å²) in [5.74, 6) is 0.592. The summed E-state index contributed by atoms with van der Waals surface area (Å²) in [5.41, 5.74) is 8.65. The number of oxime groups is 1. The molecular formula is C14H15N5O. The summed E-state index contributed by atoms with van der Waals surface area (Å²) >= 11 is 0. The van der Waals surface area contributed by atoms with Crippen molar-refractivity contribution in [2.45, 2.75) is 13.0 Å². The van der Waals surface area contributed by atoms with Crippen molar-refractivity contribution in [3.8, 4) is 0 Å². The zero-order chi connectivity index (χ0) is 13.9. The first-order chi connectivity index (χ1) is 9.78. The van der Waals surface area contributed by atoms with Crippen molar-refractivity contribution in [2.24, 2.45) is 10.9 Å². The topological polar surface area (TPSA) is 87.6 Å². The van der Waals surface area contributed by atoms with Crippen LogP contribution in [-0.2, 0) is 13.0 Å². The Morgan fingerprint density at radius 1 is 1.25 bits per heavy atom. The van der Waals surface area contributed by atoms with Gasteiger partial charge in [0.15, 0.2) is 5.84 Å². The maximum Gasteiger partial charge on any atom is 0.226 e. The Labute approximate surface area is 116 Å². The molecule has 0 aliphatic carbocycles. The van der Waals surface area contributed by atoms with Gasteiger partial charge in [0.1, 0.15) is 5.69 Å². The molecule has 2 heterocycles. The number of aromatic nitrogens is 2. The summed E-state index contributed by atoms with van der Waals surface area (Å²) in [6, 6.07) is 9.99. The van der Waals surface area contributed by atoms with Crippen LogP contribution < -0.4 is 10.6 Å². The monoisotopic (exact) mass is 269 g/mol. The lowest BCUT2D eigenvalue weighted by Crippen LogP contribution is -2.32. The number of rotatable bonds is 2. The Morgan fingerprint density at radius 3 is 2.85 bits per heavy atom. The molecule has 0 saturated carbocycles. The first-order valence-electron chi connectivity index (χ1n) is 6.40. The van der Waals surface area contributed by atoms with E-state index in [9.17, 15) is 0 Å². The quantitative estimate of drug-likeness (QED) is 0.369. The van der Waals surface area contributed by atoms with E-state index in [1.807, 2.05) is 6.07 Å². The third-order valence-electron chi connectivity index (χ3n) is 3.43. The number of nitrogens with zero attached hydrogens (tertiary/aromatic N) is 4. The Hall–Kier alpha value is -2.63. The van der Waals surface area contributed by atoms with Crippen LogP contribution in [0.2, 0.25) is 0 Å². The molecule has 2 aromatic rings. The van der Waals surface area contributed by atoms with Gasteiger partial charge >= 0.3 is 0 Å². The van der Waals surface area contributed by atoms with Crippen molar-refractivity contribution in [3.63, 3.8) is 0 Å². The molecule has 0 radical (unpaired) electrons. The van der Waals surface area contributed by atoms with E-state index in [0.717, 1.165) is 19.5 Å². The molecular weight excluding hydrogens is 254 g/mol. The van der Waals surface area contributed by atoms with E-state index in [-0.39, 0.29) is 5.84 Å². The molecule has 1 aliphatic heterocycles. The van der Waals surface area contributed by atoms with Crippen molar-refractivity contribution < 1.29 is 5.21 Å². The van der Waals surface area contributed by atoms with Gasteiger partial charge in [-0.1, -0.05) is 29.4 Å². The van der Waals surface area contributed by atoms with E-state index < -0.39 is 0 Å². The normalized spacial score (nSPS) is 15.0. The van der Waals surface area contributed by atoms with Gasteiger partial charge in [-0.25, -0.2) is 9.97 Å². The number of hydrogen-bond donors (Lipinski definition) is 2. The molecule has 1 aromatic carbocycles. The average Bonchev–Trinajstić information content (AvgIpc) is 2.53. The van der Waals surface area contributed by atoms with Crippen molar-refractivity contribution in [2.75, 3.05) is 11.4 Å². The lowest BCUT2D eigenvalue weighted by Gasteiger charge is -2.28. The highest BCUT2D eigenvalue weighted by Crippen LogP contribution is 2.21. The van der Waals surface area contributed by atoms with Crippen molar-refractivity contribution in [1.29, 1.82) is 0 Å². The number of nitrogens with two attached hydrogens (primary N) is 1. The van der Waals surface area contributed by atoms with Gasteiger partial charge in [0.25, 0.3) is 0 Å². The highest BCUT2D eigenvalue weighted by atomic mass is 16.4. The van der Waals surface area contributed by atoms with Crippen LogP contribution in [0.5, 0.6) is 0 Å². The van der Waals surface area contributed by atoms with Gasteiger partial charge in [0.05, 0.1) is 0 Å². The van der Waals surface area contributed by atoms with Gasteiger partial charge in [0, 0.05) is 19.3 Å². The Bertz CT molecular complexity index is 656. The van der Waals surface area contributed by atoms with E-state index in [1.54, 1.807) is 12.3 Å². The number of hydrogen-bond acceptors (Lipinski definition) is 5. The molecule has 1 aliphatic rings. The second-order valence-corrected chi connectivity index (χ2v) is 4.67. The van der Waals surface area contributed by atoms with Crippen molar-refractivity contribution in [1.82, 2.24) is 9.97 Å². The van der Waals surface area contributed by atoms with Crippen LogP contribution in [0.25, 0.3) is 0 Å². The minimum Gasteiger partial charge on any atom is -0.409 e. The minimum absolute atomic E-state index is 0.00828. The molecule has 0 bridgehead atoms. The van der Waals surface area contributed by atoms with Crippen LogP contribution in [0.3, 0.4) is 0 Å². The Morgan fingerprint density at radius 2 is 2.05 bits per heavy atom. The van der Waals surface area contributed by atoms with Crippen LogP contribution in [0.4, 0.5) is 5.95 Å². The van der Waals surface area contributed by atoms with E-state index in [4.69, 9.17) is 10.9 Å². The standard InChI is InChI=1S/C14H15N5O/c15-13(18-20)12-5-7-16-14(17-12)19-8-6-10-3-1-2-4-11(10)9-19/h1-5,7,20H,6,8-9H2,(H2,15,18). The lowest BCUT2D eigenvalue weighted by molar-refractivity contribution is 0.318. The maximum atomic E-state index is 8.71. The zero-order valence-corrected chi connectivity index (χ0v) is 10.9. The third-order valence-corrected chi connectivity index (χ3v) is 3.43. The number of benzene rings is 1. The van der Waals surface area contributed by atoms with Crippen LogP contribution >= 0.6 is 0 Å². The number of fused-ring (bicyclic) bond motifs is 1. The Kier molecular flexibility index (Phi) is 3.20. The molecule has 1 aromatic heterocycles. The van der Waals surface area contributed by atoms with Crippen LogP contribution in [0, 0.1) is 0 Å². The molecule has 102 valence electrons. The molecule has 3 N–H and O–H groups in total. The molecule has 3 rings (SSSR count). The SMILES string of the molecule is N/C(=N/O)c1ccnc(N2CCc3ccccc3C2)n1. The third kappa shape index (κ3) is 2.27. The van der Waals surface area contributed by atoms with E-state index in [0.29, 0.717) is 11.6 Å². The van der Waals surface area contributed by atoms with Gasteiger partial charge in [0.2, 0.25) is 5.95 Å². The highest BCUT2D eigenvalue weighted by Gasteiger charge is 2.18. The summed E-state index contributed by atoms with van der Waals surface area (Å²) in [6.07, 6.45) is 2.59. The summed E-state index contributed by atoms with van der Waals surface area (Å²) in [7, 11) is 0. The van der Waals surface area contributed by atoms with Gasteiger partial charge in [-0.3, -0.25) is 0 Å². The maximum absolute atomic E-state index is 8.71. The molecule has 6 heteroatoms. The highest BCUT2D eigenvalue weighted by molar-refractivity contribution is 5.95. The minimum atomic E-state index is -0.00828.